The summed E-state index contributed by atoms with van der Waals surface area (Å²) >= 11 is 0. The van der Waals surface area contributed by atoms with Crippen molar-refractivity contribution in [2.45, 2.75) is 6.54 Å². The summed E-state index contributed by atoms with van der Waals surface area (Å²) in [6.45, 7) is 1.72. The molecule has 1 aliphatic rings. The van der Waals surface area contributed by atoms with E-state index in [9.17, 15) is 4.79 Å². The first-order chi connectivity index (χ1) is 10.2. The van der Waals surface area contributed by atoms with Gasteiger partial charge >= 0.3 is 5.97 Å². The summed E-state index contributed by atoms with van der Waals surface area (Å²) in [6.07, 6.45) is 0. The number of carboxylic acids is 1. The topological polar surface area (TPSA) is 67.8 Å². The van der Waals surface area contributed by atoms with Crippen LogP contribution in [-0.4, -0.2) is 24.3 Å². The highest BCUT2D eigenvalue weighted by Gasteiger charge is 2.11. The lowest BCUT2D eigenvalue weighted by Crippen LogP contribution is -2.15. The Morgan fingerprint density at radius 3 is 2.71 bits per heavy atom. The molecule has 0 radical (unpaired) electrons. The first-order valence-corrected chi connectivity index (χ1v) is 6.68. The molecular formula is C16H15NO4. The van der Waals surface area contributed by atoms with E-state index in [1.807, 2.05) is 24.3 Å². The second-order valence-corrected chi connectivity index (χ2v) is 4.72. The van der Waals surface area contributed by atoms with Gasteiger partial charge < -0.3 is 19.9 Å². The number of hydrogen-bond donors (Lipinski definition) is 2. The zero-order valence-corrected chi connectivity index (χ0v) is 11.3. The predicted molar refractivity (Wildman–Crippen MR) is 78.2 cm³/mol. The highest BCUT2D eigenvalue weighted by atomic mass is 16.6. The molecule has 1 aliphatic heterocycles. The van der Waals surface area contributed by atoms with Crippen LogP contribution in [0.3, 0.4) is 0 Å². The van der Waals surface area contributed by atoms with Gasteiger partial charge in [-0.3, -0.25) is 0 Å². The van der Waals surface area contributed by atoms with E-state index < -0.39 is 5.97 Å². The molecular weight excluding hydrogens is 270 g/mol. The van der Waals surface area contributed by atoms with Crippen LogP contribution in [0.5, 0.6) is 11.5 Å². The van der Waals surface area contributed by atoms with Crippen LogP contribution in [0.25, 0.3) is 0 Å². The van der Waals surface area contributed by atoms with Crippen LogP contribution in [0, 0.1) is 0 Å². The summed E-state index contributed by atoms with van der Waals surface area (Å²) in [6, 6.07) is 12.5. The molecule has 5 nitrogen and oxygen atoms in total. The van der Waals surface area contributed by atoms with Gasteiger partial charge in [-0.05, 0) is 35.9 Å². The van der Waals surface area contributed by atoms with Crippen LogP contribution in [0.4, 0.5) is 5.69 Å². The molecule has 1 heterocycles. The summed E-state index contributed by atoms with van der Waals surface area (Å²) in [5.74, 6) is 0.579. The number of benzene rings is 2. The minimum Gasteiger partial charge on any atom is -0.486 e. The lowest BCUT2D eigenvalue weighted by atomic mass is 10.1. The fraction of sp³-hybridized carbons (Fsp3) is 0.188. The number of ether oxygens (including phenoxy) is 2. The van der Waals surface area contributed by atoms with Gasteiger partial charge in [0.05, 0.1) is 5.56 Å². The average molecular weight is 285 g/mol. The molecule has 3 rings (SSSR count). The molecule has 0 unspecified atom stereocenters. The normalized spacial score (nSPS) is 12.8. The standard InChI is InChI=1S/C16H15NO4/c18-16(19)12-2-1-3-13(9-12)17-10-11-4-5-14-15(8-11)21-7-6-20-14/h1-5,8-9,17H,6-7,10H2,(H,18,19). The van der Waals surface area contributed by atoms with E-state index in [0.29, 0.717) is 19.8 Å². The fourth-order valence-corrected chi connectivity index (χ4v) is 2.16. The first kappa shape index (κ1) is 13.3. The predicted octanol–water partition coefficient (Wildman–Crippen LogP) is 2.77. The Morgan fingerprint density at radius 1 is 1.10 bits per heavy atom. The average Bonchev–Trinajstić information content (AvgIpc) is 2.53. The number of carboxylic acid groups (broad SMARTS) is 1. The van der Waals surface area contributed by atoms with Gasteiger partial charge in [-0.2, -0.15) is 0 Å². The van der Waals surface area contributed by atoms with Gasteiger partial charge in [-0.25, -0.2) is 4.79 Å². The van der Waals surface area contributed by atoms with Gasteiger partial charge in [0.25, 0.3) is 0 Å². The molecule has 0 spiro atoms. The highest BCUT2D eigenvalue weighted by Crippen LogP contribution is 2.30. The SMILES string of the molecule is O=C(O)c1cccc(NCc2ccc3c(c2)OCCO3)c1. The summed E-state index contributed by atoms with van der Waals surface area (Å²) < 4.78 is 11.0. The van der Waals surface area contributed by atoms with Gasteiger partial charge in [0.1, 0.15) is 13.2 Å². The molecule has 2 aromatic rings. The van der Waals surface area contributed by atoms with Crippen molar-refractivity contribution in [3.63, 3.8) is 0 Å². The molecule has 0 amide bonds. The van der Waals surface area contributed by atoms with Crippen molar-refractivity contribution in [1.82, 2.24) is 0 Å². The number of rotatable bonds is 4. The molecule has 0 bridgehead atoms. The quantitative estimate of drug-likeness (QED) is 0.904. The Balaban J connectivity index is 1.70. The minimum absolute atomic E-state index is 0.266. The van der Waals surface area contributed by atoms with Crippen molar-refractivity contribution in [1.29, 1.82) is 0 Å². The Labute approximate surface area is 122 Å². The zero-order valence-electron chi connectivity index (χ0n) is 11.3. The molecule has 2 N–H and O–H groups in total. The van der Waals surface area contributed by atoms with Crippen molar-refractivity contribution >= 4 is 11.7 Å². The third-order valence-corrected chi connectivity index (χ3v) is 3.21. The Morgan fingerprint density at radius 2 is 1.90 bits per heavy atom. The van der Waals surface area contributed by atoms with Crippen molar-refractivity contribution < 1.29 is 19.4 Å². The smallest absolute Gasteiger partial charge is 0.335 e. The maximum atomic E-state index is 10.9. The molecule has 21 heavy (non-hydrogen) atoms. The van der Waals surface area contributed by atoms with Gasteiger partial charge in [0.15, 0.2) is 11.5 Å². The van der Waals surface area contributed by atoms with E-state index in [-0.39, 0.29) is 5.56 Å². The van der Waals surface area contributed by atoms with E-state index in [2.05, 4.69) is 5.32 Å². The minimum atomic E-state index is -0.932. The number of carbonyl (C=O) groups is 1. The van der Waals surface area contributed by atoms with Gasteiger partial charge in [0, 0.05) is 12.2 Å². The number of fused-ring (bicyclic) bond motifs is 1. The second-order valence-electron chi connectivity index (χ2n) is 4.72. The third-order valence-electron chi connectivity index (χ3n) is 3.21. The Hall–Kier alpha value is -2.69. The van der Waals surface area contributed by atoms with E-state index >= 15 is 0 Å². The maximum absolute atomic E-state index is 10.9. The van der Waals surface area contributed by atoms with Crippen LogP contribution in [-0.2, 0) is 6.54 Å². The molecule has 0 fully saturated rings. The van der Waals surface area contributed by atoms with Crippen LogP contribution in [0.15, 0.2) is 42.5 Å². The molecule has 2 aromatic carbocycles. The molecule has 0 saturated carbocycles. The molecule has 0 atom stereocenters. The number of aromatic carboxylic acids is 1. The molecule has 0 aromatic heterocycles. The summed E-state index contributed by atoms with van der Waals surface area (Å²) in [5.41, 5.74) is 2.08. The van der Waals surface area contributed by atoms with E-state index in [1.165, 1.54) is 0 Å². The summed E-state index contributed by atoms with van der Waals surface area (Å²) in [4.78, 5) is 10.9. The Bertz CT molecular complexity index is 669. The lowest BCUT2D eigenvalue weighted by molar-refractivity contribution is 0.0697. The number of nitrogens with one attached hydrogen (secondary N) is 1. The Kier molecular flexibility index (Phi) is 3.64. The number of anilines is 1. The van der Waals surface area contributed by atoms with Crippen molar-refractivity contribution in [3.8, 4) is 11.5 Å². The van der Waals surface area contributed by atoms with Gasteiger partial charge in [-0.1, -0.05) is 12.1 Å². The molecule has 0 aliphatic carbocycles. The van der Waals surface area contributed by atoms with Crippen LogP contribution in [0.1, 0.15) is 15.9 Å². The second kappa shape index (κ2) is 5.75. The largest absolute Gasteiger partial charge is 0.486 e. The van der Waals surface area contributed by atoms with E-state index in [4.69, 9.17) is 14.6 Å². The third kappa shape index (κ3) is 3.08. The molecule has 108 valence electrons. The summed E-state index contributed by atoms with van der Waals surface area (Å²) in [7, 11) is 0. The van der Waals surface area contributed by atoms with Crippen LogP contribution < -0.4 is 14.8 Å². The highest BCUT2D eigenvalue weighted by molar-refractivity contribution is 5.88. The van der Waals surface area contributed by atoms with E-state index in [0.717, 1.165) is 22.7 Å². The van der Waals surface area contributed by atoms with E-state index in [1.54, 1.807) is 18.2 Å². The lowest BCUT2D eigenvalue weighted by Gasteiger charge is -2.19. The molecule has 0 saturated heterocycles. The van der Waals surface area contributed by atoms with Crippen LogP contribution >= 0.6 is 0 Å². The van der Waals surface area contributed by atoms with Crippen molar-refractivity contribution in [3.05, 3.63) is 53.6 Å². The monoisotopic (exact) mass is 285 g/mol. The van der Waals surface area contributed by atoms with Gasteiger partial charge in [-0.15, -0.1) is 0 Å². The summed E-state index contributed by atoms with van der Waals surface area (Å²) in [5, 5.41) is 12.2. The fourth-order valence-electron chi connectivity index (χ4n) is 2.16. The van der Waals surface area contributed by atoms with Gasteiger partial charge in [0.2, 0.25) is 0 Å². The van der Waals surface area contributed by atoms with Crippen molar-refractivity contribution in [2.75, 3.05) is 18.5 Å². The zero-order chi connectivity index (χ0) is 14.7. The molecule has 5 heteroatoms. The maximum Gasteiger partial charge on any atom is 0.335 e. The first-order valence-electron chi connectivity index (χ1n) is 6.68. The number of hydrogen-bond acceptors (Lipinski definition) is 4. The van der Waals surface area contributed by atoms with Crippen LogP contribution in [0.2, 0.25) is 0 Å². The van der Waals surface area contributed by atoms with Crippen molar-refractivity contribution in [2.24, 2.45) is 0 Å².